The van der Waals surface area contributed by atoms with E-state index in [2.05, 4.69) is 5.32 Å². The predicted molar refractivity (Wildman–Crippen MR) is 52.4 cm³/mol. The minimum atomic E-state index is -0.446. The molecule has 78 valence electrons. The Balaban J connectivity index is 3.99. The lowest BCUT2D eigenvalue weighted by Gasteiger charge is -2.26. The summed E-state index contributed by atoms with van der Waals surface area (Å²) in [6.07, 6.45) is -0.446. The van der Waals surface area contributed by atoms with Crippen LogP contribution in [-0.4, -0.2) is 30.7 Å². The van der Waals surface area contributed by atoms with Crippen LogP contribution >= 0.6 is 0 Å². The number of ether oxygens (including phenoxy) is 1. The number of rotatable bonds is 5. The zero-order valence-electron chi connectivity index (χ0n) is 8.89. The van der Waals surface area contributed by atoms with Crippen molar-refractivity contribution in [2.24, 2.45) is 5.73 Å². The first-order valence-corrected chi connectivity index (χ1v) is 4.58. The van der Waals surface area contributed by atoms with Crippen molar-refractivity contribution in [3.05, 3.63) is 0 Å². The number of hydrogen-bond acceptors (Lipinski definition) is 3. The van der Waals surface area contributed by atoms with Gasteiger partial charge >= 0.3 is 0 Å². The molecule has 0 fully saturated rings. The summed E-state index contributed by atoms with van der Waals surface area (Å²) in [5, 5.41) is 2.69. The molecule has 0 aliphatic heterocycles. The largest absolute Gasteiger partial charge is 0.362 e. The van der Waals surface area contributed by atoms with Crippen LogP contribution in [0, 0.1) is 0 Å². The Morgan fingerprint density at radius 1 is 1.62 bits per heavy atom. The average molecular weight is 188 g/mol. The van der Waals surface area contributed by atoms with Gasteiger partial charge in [-0.15, -0.1) is 0 Å². The molecule has 0 aromatic carbocycles. The van der Waals surface area contributed by atoms with E-state index in [9.17, 15) is 4.79 Å². The normalized spacial score (nSPS) is 13.9. The van der Waals surface area contributed by atoms with Gasteiger partial charge in [0.2, 0.25) is 5.91 Å². The van der Waals surface area contributed by atoms with Gasteiger partial charge in [0.05, 0.1) is 5.60 Å². The second-order valence-electron chi connectivity index (χ2n) is 3.62. The summed E-state index contributed by atoms with van der Waals surface area (Å²) in [5.74, 6) is -0.0935. The molecule has 0 bridgehead atoms. The molecule has 0 saturated carbocycles. The van der Waals surface area contributed by atoms with E-state index in [0.717, 1.165) is 0 Å². The summed E-state index contributed by atoms with van der Waals surface area (Å²) >= 11 is 0. The SMILES string of the molecule is CCNC(=O)C(C)OC(C)(C)CN. The van der Waals surface area contributed by atoms with Gasteiger partial charge in [-0.1, -0.05) is 0 Å². The fourth-order valence-electron chi connectivity index (χ4n) is 0.898. The molecule has 0 spiro atoms. The van der Waals surface area contributed by atoms with Gasteiger partial charge in [0.15, 0.2) is 0 Å². The highest BCUT2D eigenvalue weighted by Crippen LogP contribution is 2.09. The number of nitrogens with one attached hydrogen (secondary N) is 1. The van der Waals surface area contributed by atoms with Gasteiger partial charge in [0.25, 0.3) is 0 Å². The molecule has 1 unspecified atom stereocenters. The minimum absolute atomic E-state index is 0.0935. The molecule has 0 aromatic rings. The van der Waals surface area contributed by atoms with Crippen molar-refractivity contribution in [2.45, 2.75) is 39.4 Å². The molecule has 0 saturated heterocycles. The molecule has 4 nitrogen and oxygen atoms in total. The van der Waals surface area contributed by atoms with Crippen LogP contribution in [0.4, 0.5) is 0 Å². The van der Waals surface area contributed by atoms with Crippen molar-refractivity contribution in [3.63, 3.8) is 0 Å². The van der Waals surface area contributed by atoms with Crippen molar-refractivity contribution >= 4 is 5.91 Å². The van der Waals surface area contributed by atoms with E-state index < -0.39 is 11.7 Å². The molecular formula is C9H20N2O2. The van der Waals surface area contributed by atoms with Crippen LogP contribution in [0.3, 0.4) is 0 Å². The summed E-state index contributed by atoms with van der Waals surface area (Å²) < 4.78 is 5.46. The van der Waals surface area contributed by atoms with Crippen molar-refractivity contribution in [1.29, 1.82) is 0 Å². The van der Waals surface area contributed by atoms with Gasteiger partial charge in [0, 0.05) is 13.1 Å². The molecule has 13 heavy (non-hydrogen) atoms. The standard InChI is InChI=1S/C9H20N2O2/c1-5-11-8(12)7(2)13-9(3,4)6-10/h7H,5-6,10H2,1-4H3,(H,11,12). The molecule has 0 aromatic heterocycles. The lowest BCUT2D eigenvalue weighted by atomic mass is 10.1. The summed E-state index contributed by atoms with van der Waals surface area (Å²) in [5.41, 5.74) is 5.03. The highest BCUT2D eigenvalue weighted by Gasteiger charge is 2.23. The Bertz CT molecular complexity index is 169. The third-order valence-corrected chi connectivity index (χ3v) is 1.71. The van der Waals surface area contributed by atoms with E-state index in [1.807, 2.05) is 20.8 Å². The zero-order chi connectivity index (χ0) is 10.5. The van der Waals surface area contributed by atoms with Gasteiger partial charge < -0.3 is 15.8 Å². The van der Waals surface area contributed by atoms with Gasteiger partial charge in [-0.25, -0.2) is 0 Å². The number of likely N-dealkylation sites (N-methyl/N-ethyl adjacent to an activating group) is 1. The highest BCUT2D eigenvalue weighted by molar-refractivity contribution is 5.80. The van der Waals surface area contributed by atoms with E-state index in [1.54, 1.807) is 6.92 Å². The van der Waals surface area contributed by atoms with Gasteiger partial charge in [0.1, 0.15) is 6.10 Å². The average Bonchev–Trinajstić information content (AvgIpc) is 2.04. The summed E-state index contributed by atoms with van der Waals surface area (Å²) in [6.45, 7) is 8.35. The predicted octanol–water partition coefficient (Wildman–Crippen LogP) is 0.265. The Morgan fingerprint density at radius 2 is 2.15 bits per heavy atom. The second kappa shape index (κ2) is 5.19. The van der Waals surface area contributed by atoms with Crippen molar-refractivity contribution in [1.82, 2.24) is 5.32 Å². The number of carbonyl (C=O) groups excluding carboxylic acids is 1. The highest BCUT2D eigenvalue weighted by atomic mass is 16.5. The zero-order valence-corrected chi connectivity index (χ0v) is 8.89. The monoisotopic (exact) mass is 188 g/mol. The van der Waals surface area contributed by atoms with Crippen LogP contribution in [0.15, 0.2) is 0 Å². The fraction of sp³-hybridized carbons (Fsp3) is 0.889. The van der Waals surface area contributed by atoms with Crippen LogP contribution in [0.2, 0.25) is 0 Å². The minimum Gasteiger partial charge on any atom is -0.362 e. The fourth-order valence-corrected chi connectivity index (χ4v) is 0.898. The molecule has 0 radical (unpaired) electrons. The van der Waals surface area contributed by atoms with E-state index in [4.69, 9.17) is 10.5 Å². The first-order chi connectivity index (χ1) is 5.93. The molecule has 0 heterocycles. The first-order valence-electron chi connectivity index (χ1n) is 4.58. The first kappa shape index (κ1) is 12.4. The summed E-state index contributed by atoms with van der Waals surface area (Å²) in [7, 11) is 0. The molecule has 1 amide bonds. The lowest BCUT2D eigenvalue weighted by molar-refractivity contribution is -0.141. The maximum atomic E-state index is 11.3. The Hall–Kier alpha value is -0.610. The molecule has 1 atom stereocenters. The van der Waals surface area contributed by atoms with E-state index in [-0.39, 0.29) is 5.91 Å². The van der Waals surface area contributed by atoms with E-state index in [0.29, 0.717) is 13.1 Å². The maximum Gasteiger partial charge on any atom is 0.248 e. The number of hydrogen-bond donors (Lipinski definition) is 2. The van der Waals surface area contributed by atoms with Crippen LogP contribution in [0.25, 0.3) is 0 Å². The van der Waals surface area contributed by atoms with Crippen molar-refractivity contribution < 1.29 is 9.53 Å². The van der Waals surface area contributed by atoms with Crippen LogP contribution in [0.5, 0.6) is 0 Å². The van der Waals surface area contributed by atoms with E-state index >= 15 is 0 Å². The van der Waals surface area contributed by atoms with E-state index in [1.165, 1.54) is 0 Å². The summed E-state index contributed by atoms with van der Waals surface area (Å²) in [4.78, 5) is 11.3. The Labute approximate surface area is 79.8 Å². The van der Waals surface area contributed by atoms with Crippen molar-refractivity contribution in [2.75, 3.05) is 13.1 Å². The van der Waals surface area contributed by atoms with Crippen LogP contribution in [-0.2, 0) is 9.53 Å². The van der Waals surface area contributed by atoms with Gasteiger partial charge in [-0.05, 0) is 27.7 Å². The smallest absolute Gasteiger partial charge is 0.248 e. The molecular weight excluding hydrogens is 168 g/mol. The van der Waals surface area contributed by atoms with Gasteiger partial charge in [-0.2, -0.15) is 0 Å². The molecule has 3 N–H and O–H groups in total. The summed E-state index contributed by atoms with van der Waals surface area (Å²) in [6, 6.07) is 0. The topological polar surface area (TPSA) is 64.3 Å². The second-order valence-corrected chi connectivity index (χ2v) is 3.62. The maximum absolute atomic E-state index is 11.3. The molecule has 0 rings (SSSR count). The molecule has 0 aliphatic rings. The lowest BCUT2D eigenvalue weighted by Crippen LogP contribution is -2.43. The number of nitrogens with two attached hydrogens (primary N) is 1. The number of carbonyl (C=O) groups is 1. The van der Waals surface area contributed by atoms with Gasteiger partial charge in [-0.3, -0.25) is 4.79 Å². The number of amides is 1. The third-order valence-electron chi connectivity index (χ3n) is 1.71. The Kier molecular flexibility index (Phi) is 4.95. The molecule has 4 heteroatoms. The quantitative estimate of drug-likeness (QED) is 0.650. The Morgan fingerprint density at radius 3 is 2.54 bits per heavy atom. The molecule has 0 aliphatic carbocycles. The third kappa shape index (κ3) is 4.85. The van der Waals surface area contributed by atoms with Crippen LogP contribution in [0.1, 0.15) is 27.7 Å². The van der Waals surface area contributed by atoms with Crippen LogP contribution < -0.4 is 11.1 Å². The van der Waals surface area contributed by atoms with Crippen molar-refractivity contribution in [3.8, 4) is 0 Å².